The standard InChI is InChI=1S/C34H59N9O13S/c1-6-17(4)27(43-28(49)18(35)7-10-26(47)48)33(54)42-23(15-44)32(53)38-19(11-12-57-5)29(50)40-21(13-16(2)3)30(51)41-22(14-25(37)46)31(52)39-20(34(55)56)8-9-24(36)45/h16-23,27,44H,6-15,35H2,1-5H3,(H2,36,45)(H2,37,46)(H,38,53)(H,39,52)(H,40,50)(H,41,51)(H,42,54)(H,43,49)(H,47,48)(H,55,56)/t17-,18-,19-,20-,21-,22-,23-,27-/m0/s1. The number of amides is 8. The molecule has 0 aliphatic heterocycles. The van der Waals surface area contributed by atoms with Crippen molar-refractivity contribution < 1.29 is 63.3 Å². The van der Waals surface area contributed by atoms with Crippen molar-refractivity contribution in [1.29, 1.82) is 0 Å². The highest BCUT2D eigenvalue weighted by Gasteiger charge is 2.35. The van der Waals surface area contributed by atoms with E-state index in [2.05, 4.69) is 31.9 Å². The van der Waals surface area contributed by atoms with Crippen molar-refractivity contribution in [3.05, 3.63) is 0 Å². The van der Waals surface area contributed by atoms with Crippen molar-refractivity contribution >= 4 is 71.0 Å². The molecule has 0 aromatic rings. The minimum Gasteiger partial charge on any atom is -0.481 e. The summed E-state index contributed by atoms with van der Waals surface area (Å²) in [7, 11) is 0. The van der Waals surface area contributed by atoms with E-state index in [4.69, 9.17) is 22.3 Å². The molecule has 0 aromatic carbocycles. The minimum atomic E-state index is -1.69. The fraction of sp³-hybridized carbons (Fsp3) is 0.706. The first kappa shape index (κ1) is 52.0. The zero-order valence-corrected chi connectivity index (χ0v) is 33.6. The second-order valence-electron chi connectivity index (χ2n) is 13.8. The number of aliphatic hydroxyl groups excluding tert-OH is 1. The molecule has 0 spiro atoms. The number of nitrogens with one attached hydrogen (secondary N) is 6. The summed E-state index contributed by atoms with van der Waals surface area (Å²) >= 11 is 1.32. The first-order chi connectivity index (χ1) is 26.6. The number of rotatable bonds is 29. The van der Waals surface area contributed by atoms with Crippen LogP contribution < -0.4 is 49.1 Å². The zero-order valence-electron chi connectivity index (χ0n) is 32.8. The molecule has 15 N–H and O–H groups in total. The normalized spacial score (nSPS) is 15.2. The Morgan fingerprint density at radius 1 is 0.614 bits per heavy atom. The summed E-state index contributed by atoms with van der Waals surface area (Å²) in [5.41, 5.74) is 16.1. The molecule has 0 unspecified atom stereocenters. The Morgan fingerprint density at radius 3 is 1.61 bits per heavy atom. The van der Waals surface area contributed by atoms with Crippen LogP contribution in [0.15, 0.2) is 0 Å². The highest BCUT2D eigenvalue weighted by Crippen LogP contribution is 2.11. The summed E-state index contributed by atoms with van der Waals surface area (Å²) in [6.45, 7) is 5.87. The van der Waals surface area contributed by atoms with Gasteiger partial charge < -0.3 is 64.4 Å². The fourth-order valence-corrected chi connectivity index (χ4v) is 5.55. The second kappa shape index (κ2) is 26.8. The van der Waals surface area contributed by atoms with Crippen LogP contribution in [0.25, 0.3) is 0 Å². The molecule has 0 radical (unpaired) electrons. The van der Waals surface area contributed by atoms with Crippen LogP contribution in [0.5, 0.6) is 0 Å². The Bertz CT molecular complexity index is 1430. The van der Waals surface area contributed by atoms with Gasteiger partial charge in [0.1, 0.15) is 36.3 Å². The largest absolute Gasteiger partial charge is 0.481 e. The zero-order chi connectivity index (χ0) is 44.0. The Kier molecular flexibility index (Phi) is 24.4. The second-order valence-corrected chi connectivity index (χ2v) is 14.8. The number of carboxylic acids is 2. The number of carboxylic acid groups (broad SMARTS) is 2. The lowest BCUT2D eigenvalue weighted by molar-refractivity contribution is -0.143. The van der Waals surface area contributed by atoms with Gasteiger partial charge in [0.25, 0.3) is 0 Å². The maximum Gasteiger partial charge on any atom is 0.326 e. The third-order valence-corrected chi connectivity index (χ3v) is 9.17. The Hall–Kier alpha value is -5.03. The van der Waals surface area contributed by atoms with Crippen LogP contribution in [0.2, 0.25) is 0 Å². The summed E-state index contributed by atoms with van der Waals surface area (Å²) in [4.78, 5) is 125. The molecule has 0 aromatic heterocycles. The molecule has 324 valence electrons. The maximum atomic E-state index is 13.7. The third-order valence-electron chi connectivity index (χ3n) is 8.53. The molecular weight excluding hydrogens is 774 g/mol. The van der Waals surface area contributed by atoms with Crippen molar-refractivity contribution in [2.45, 2.75) is 121 Å². The quantitative estimate of drug-likeness (QED) is 0.0343. The van der Waals surface area contributed by atoms with Gasteiger partial charge in [0, 0.05) is 12.8 Å². The third kappa shape index (κ3) is 20.6. The number of carbonyl (C=O) groups excluding carboxylic acids is 8. The first-order valence-corrected chi connectivity index (χ1v) is 19.7. The van der Waals surface area contributed by atoms with E-state index in [1.807, 2.05) is 0 Å². The van der Waals surface area contributed by atoms with Crippen LogP contribution in [-0.2, 0) is 47.9 Å². The number of primary amides is 2. The topological polar surface area (TPSA) is 382 Å². The molecule has 8 amide bonds. The van der Waals surface area contributed by atoms with E-state index in [9.17, 15) is 58.2 Å². The van der Waals surface area contributed by atoms with Crippen LogP contribution in [0.1, 0.15) is 79.1 Å². The summed E-state index contributed by atoms with van der Waals surface area (Å²) in [5, 5.41) is 42.7. The van der Waals surface area contributed by atoms with Crippen molar-refractivity contribution in [3.63, 3.8) is 0 Å². The molecular formula is C34H59N9O13S. The van der Waals surface area contributed by atoms with E-state index in [1.165, 1.54) is 11.8 Å². The lowest BCUT2D eigenvalue weighted by atomic mass is 9.97. The van der Waals surface area contributed by atoms with Crippen LogP contribution in [0.4, 0.5) is 0 Å². The Balaban J connectivity index is 6.16. The summed E-state index contributed by atoms with van der Waals surface area (Å²) in [6.07, 6.45) is -0.0251. The van der Waals surface area contributed by atoms with Crippen molar-refractivity contribution in [2.75, 3.05) is 18.6 Å². The van der Waals surface area contributed by atoms with Gasteiger partial charge in [-0.3, -0.25) is 43.2 Å². The molecule has 0 saturated heterocycles. The van der Waals surface area contributed by atoms with Gasteiger partial charge in [-0.2, -0.15) is 11.8 Å². The Labute approximate surface area is 334 Å². The predicted molar refractivity (Wildman–Crippen MR) is 205 cm³/mol. The van der Waals surface area contributed by atoms with Gasteiger partial charge in [0.15, 0.2) is 0 Å². The SMILES string of the molecule is CC[C@H](C)[C@H](NC(=O)[C@@H](N)CCC(=O)O)C(=O)N[C@@H](CO)C(=O)N[C@@H](CCSC)C(=O)N[C@@H](CC(C)C)C(=O)N[C@@H](CC(N)=O)C(=O)N[C@@H](CCC(N)=O)C(=O)O. The number of hydrogen-bond donors (Lipinski definition) is 12. The van der Waals surface area contributed by atoms with Crippen molar-refractivity contribution in [3.8, 4) is 0 Å². The average molecular weight is 834 g/mol. The molecule has 0 saturated carbocycles. The minimum absolute atomic E-state index is 0.00915. The van der Waals surface area contributed by atoms with Crippen LogP contribution in [-0.4, -0.2) is 135 Å². The molecule has 0 bridgehead atoms. The van der Waals surface area contributed by atoms with Crippen LogP contribution >= 0.6 is 11.8 Å². The lowest BCUT2D eigenvalue weighted by Gasteiger charge is -2.28. The molecule has 0 heterocycles. The number of thioether (sulfide) groups is 1. The highest BCUT2D eigenvalue weighted by atomic mass is 32.2. The van der Waals surface area contributed by atoms with Crippen molar-refractivity contribution in [2.24, 2.45) is 29.0 Å². The summed E-state index contributed by atoms with van der Waals surface area (Å²) < 4.78 is 0. The molecule has 22 nitrogen and oxygen atoms in total. The van der Waals surface area contributed by atoms with E-state index in [0.717, 1.165) is 0 Å². The van der Waals surface area contributed by atoms with Gasteiger partial charge >= 0.3 is 11.9 Å². The van der Waals surface area contributed by atoms with Gasteiger partial charge in [0.2, 0.25) is 47.3 Å². The molecule has 0 fully saturated rings. The number of hydrogen-bond acceptors (Lipinski definition) is 13. The van der Waals surface area contributed by atoms with E-state index < -0.39 is 133 Å². The molecule has 57 heavy (non-hydrogen) atoms. The van der Waals surface area contributed by atoms with Gasteiger partial charge in [-0.25, -0.2) is 4.79 Å². The predicted octanol–water partition coefficient (Wildman–Crippen LogP) is -3.85. The number of nitrogens with two attached hydrogens (primary N) is 3. The molecule has 0 rings (SSSR count). The fourth-order valence-electron chi connectivity index (χ4n) is 5.08. The van der Waals surface area contributed by atoms with E-state index in [-0.39, 0.29) is 31.6 Å². The number of aliphatic carboxylic acids is 2. The van der Waals surface area contributed by atoms with Gasteiger partial charge in [-0.05, 0) is 49.5 Å². The van der Waals surface area contributed by atoms with Crippen LogP contribution in [0.3, 0.4) is 0 Å². The molecule has 8 atom stereocenters. The smallest absolute Gasteiger partial charge is 0.326 e. The maximum absolute atomic E-state index is 13.7. The average Bonchev–Trinajstić information content (AvgIpc) is 3.12. The summed E-state index contributed by atoms with van der Waals surface area (Å²) in [6, 6.07) is -10.1. The number of carbonyl (C=O) groups is 10. The van der Waals surface area contributed by atoms with E-state index in [0.29, 0.717) is 12.2 Å². The van der Waals surface area contributed by atoms with Gasteiger partial charge in [-0.1, -0.05) is 34.1 Å². The highest BCUT2D eigenvalue weighted by molar-refractivity contribution is 7.98. The monoisotopic (exact) mass is 833 g/mol. The number of aliphatic hydroxyl groups is 1. The molecule has 0 aliphatic rings. The van der Waals surface area contributed by atoms with Crippen molar-refractivity contribution in [1.82, 2.24) is 31.9 Å². The first-order valence-electron chi connectivity index (χ1n) is 18.3. The van der Waals surface area contributed by atoms with Gasteiger partial charge in [-0.15, -0.1) is 0 Å². The van der Waals surface area contributed by atoms with Crippen LogP contribution in [0, 0.1) is 11.8 Å². The van der Waals surface area contributed by atoms with Gasteiger partial charge in [0.05, 0.1) is 19.1 Å². The van der Waals surface area contributed by atoms with E-state index in [1.54, 1.807) is 34.0 Å². The molecule has 0 aliphatic carbocycles. The molecule has 23 heteroatoms. The van der Waals surface area contributed by atoms with E-state index >= 15 is 0 Å². The lowest BCUT2D eigenvalue weighted by Crippen LogP contribution is -2.61. The summed E-state index contributed by atoms with van der Waals surface area (Å²) in [5.74, 6) is -10.6. The Morgan fingerprint density at radius 2 is 1.12 bits per heavy atom.